The molecule has 1 heterocycles. The van der Waals surface area contributed by atoms with Gasteiger partial charge in [-0.1, -0.05) is 35.0 Å². The van der Waals surface area contributed by atoms with E-state index in [1.807, 2.05) is 38.1 Å². The fourth-order valence-electron chi connectivity index (χ4n) is 1.81. The van der Waals surface area contributed by atoms with Gasteiger partial charge in [-0.2, -0.15) is 0 Å². The Labute approximate surface area is 120 Å². The van der Waals surface area contributed by atoms with Crippen LogP contribution in [0, 0.1) is 0 Å². The van der Waals surface area contributed by atoms with Gasteiger partial charge >= 0.3 is 0 Å². The zero-order chi connectivity index (χ0) is 13.8. The molecule has 2 rings (SSSR count). The van der Waals surface area contributed by atoms with Crippen molar-refractivity contribution in [2.45, 2.75) is 26.3 Å². The van der Waals surface area contributed by atoms with Crippen molar-refractivity contribution in [2.75, 3.05) is 5.32 Å². The molecule has 0 aliphatic rings. The number of hydrogen-bond donors (Lipinski definition) is 2. The van der Waals surface area contributed by atoms with E-state index in [1.54, 1.807) is 0 Å². The van der Waals surface area contributed by atoms with Gasteiger partial charge in [-0.3, -0.25) is 4.79 Å². The normalized spacial score (nSPS) is 12.2. The molecule has 2 N–H and O–H groups in total. The zero-order valence-electron chi connectivity index (χ0n) is 10.9. The summed E-state index contributed by atoms with van der Waals surface area (Å²) in [4.78, 5) is 18.6. The minimum absolute atomic E-state index is 0.0899. The summed E-state index contributed by atoms with van der Waals surface area (Å²) < 4.78 is 1.05. The second kappa shape index (κ2) is 6.02. The quantitative estimate of drug-likeness (QED) is 0.908. The first-order valence-electron chi connectivity index (χ1n) is 6.20. The van der Waals surface area contributed by atoms with Crippen LogP contribution in [0.2, 0.25) is 0 Å². The standard InChI is InChI=1S/C14H16BrN3O/c1-3-12-17-13(8-14(19)18-12)16-9(2)10-4-6-11(15)7-5-10/h4-9H,3H2,1-2H3,(H2,16,17,18,19). The van der Waals surface area contributed by atoms with Gasteiger partial charge < -0.3 is 10.3 Å². The van der Waals surface area contributed by atoms with E-state index in [0.29, 0.717) is 18.1 Å². The minimum atomic E-state index is -0.127. The lowest BCUT2D eigenvalue weighted by atomic mass is 10.1. The van der Waals surface area contributed by atoms with Crippen LogP contribution in [0.5, 0.6) is 0 Å². The summed E-state index contributed by atoms with van der Waals surface area (Å²) in [6, 6.07) is 9.64. The molecule has 5 heteroatoms. The molecular weight excluding hydrogens is 306 g/mol. The molecule has 0 aliphatic heterocycles. The van der Waals surface area contributed by atoms with E-state index in [2.05, 4.69) is 31.2 Å². The topological polar surface area (TPSA) is 57.8 Å². The Balaban J connectivity index is 2.18. The van der Waals surface area contributed by atoms with Crippen molar-refractivity contribution in [1.29, 1.82) is 0 Å². The first-order chi connectivity index (χ1) is 9.08. The van der Waals surface area contributed by atoms with Gasteiger partial charge in [-0.05, 0) is 24.6 Å². The van der Waals surface area contributed by atoms with Gasteiger partial charge in [0.05, 0.1) is 0 Å². The van der Waals surface area contributed by atoms with Gasteiger partial charge in [0.15, 0.2) is 0 Å². The first kappa shape index (κ1) is 13.8. The van der Waals surface area contributed by atoms with E-state index in [9.17, 15) is 4.79 Å². The minimum Gasteiger partial charge on any atom is -0.363 e. The number of aryl methyl sites for hydroxylation is 1. The van der Waals surface area contributed by atoms with E-state index in [-0.39, 0.29) is 11.6 Å². The monoisotopic (exact) mass is 321 g/mol. The molecule has 0 saturated heterocycles. The second-order valence-electron chi connectivity index (χ2n) is 4.35. The van der Waals surface area contributed by atoms with Crippen molar-refractivity contribution < 1.29 is 0 Å². The molecule has 1 atom stereocenters. The third-order valence-corrected chi connectivity index (χ3v) is 3.39. The number of aromatic amines is 1. The molecule has 0 aliphatic carbocycles. The van der Waals surface area contributed by atoms with Crippen LogP contribution in [0.25, 0.3) is 0 Å². The molecule has 1 aromatic carbocycles. The molecule has 0 saturated carbocycles. The van der Waals surface area contributed by atoms with Gasteiger partial charge in [0.2, 0.25) is 0 Å². The number of nitrogens with zero attached hydrogens (tertiary/aromatic N) is 1. The average molecular weight is 322 g/mol. The molecule has 0 bridgehead atoms. The van der Waals surface area contributed by atoms with Crippen LogP contribution in [-0.2, 0) is 6.42 Å². The van der Waals surface area contributed by atoms with E-state index in [0.717, 1.165) is 10.0 Å². The molecule has 0 radical (unpaired) electrons. The largest absolute Gasteiger partial charge is 0.363 e. The molecule has 1 unspecified atom stereocenters. The third-order valence-electron chi connectivity index (χ3n) is 2.86. The number of hydrogen-bond acceptors (Lipinski definition) is 3. The van der Waals surface area contributed by atoms with E-state index < -0.39 is 0 Å². The second-order valence-corrected chi connectivity index (χ2v) is 5.26. The van der Waals surface area contributed by atoms with Crippen LogP contribution < -0.4 is 10.9 Å². The lowest BCUT2D eigenvalue weighted by Gasteiger charge is -2.15. The fourth-order valence-corrected chi connectivity index (χ4v) is 2.07. The summed E-state index contributed by atoms with van der Waals surface area (Å²) in [5, 5.41) is 3.25. The van der Waals surface area contributed by atoms with Gasteiger partial charge in [0.1, 0.15) is 11.6 Å². The summed E-state index contributed by atoms with van der Waals surface area (Å²) >= 11 is 3.41. The molecule has 2 aromatic rings. The summed E-state index contributed by atoms with van der Waals surface area (Å²) in [6.45, 7) is 4.00. The van der Waals surface area contributed by atoms with Crippen molar-refractivity contribution in [3.8, 4) is 0 Å². The predicted molar refractivity (Wildman–Crippen MR) is 80.4 cm³/mol. The van der Waals surface area contributed by atoms with E-state index in [4.69, 9.17) is 0 Å². The van der Waals surface area contributed by atoms with Crippen LogP contribution in [0.3, 0.4) is 0 Å². The van der Waals surface area contributed by atoms with Crippen LogP contribution in [0.15, 0.2) is 39.6 Å². The number of halogens is 1. The number of anilines is 1. The SMILES string of the molecule is CCc1nc(NC(C)c2ccc(Br)cc2)cc(=O)[nH]1. The van der Waals surface area contributed by atoms with Crippen LogP contribution in [0.4, 0.5) is 5.82 Å². The maximum Gasteiger partial charge on any atom is 0.252 e. The van der Waals surface area contributed by atoms with Gasteiger partial charge in [0, 0.05) is 23.0 Å². The highest BCUT2D eigenvalue weighted by atomic mass is 79.9. The van der Waals surface area contributed by atoms with Crippen molar-refractivity contribution in [3.63, 3.8) is 0 Å². The molecule has 1 aromatic heterocycles. The molecule has 100 valence electrons. The Morgan fingerprint density at radius 1 is 1.37 bits per heavy atom. The van der Waals surface area contributed by atoms with Crippen molar-refractivity contribution >= 4 is 21.7 Å². The summed E-state index contributed by atoms with van der Waals surface area (Å²) in [7, 11) is 0. The summed E-state index contributed by atoms with van der Waals surface area (Å²) in [5.41, 5.74) is 1.01. The van der Waals surface area contributed by atoms with Crippen LogP contribution >= 0.6 is 15.9 Å². The first-order valence-corrected chi connectivity index (χ1v) is 7.00. The molecule has 4 nitrogen and oxygen atoms in total. The average Bonchev–Trinajstić information content (AvgIpc) is 2.38. The third kappa shape index (κ3) is 3.67. The van der Waals surface area contributed by atoms with Crippen molar-refractivity contribution in [1.82, 2.24) is 9.97 Å². The van der Waals surface area contributed by atoms with Crippen LogP contribution in [0.1, 0.15) is 31.3 Å². The number of benzene rings is 1. The summed E-state index contributed by atoms with van der Waals surface area (Å²) in [5.74, 6) is 1.30. The number of aromatic nitrogens is 2. The highest BCUT2D eigenvalue weighted by molar-refractivity contribution is 9.10. The smallest absolute Gasteiger partial charge is 0.252 e. The number of nitrogens with one attached hydrogen (secondary N) is 2. The molecule has 0 amide bonds. The molecular formula is C14H16BrN3O. The zero-order valence-corrected chi connectivity index (χ0v) is 12.5. The Hall–Kier alpha value is -1.62. The Morgan fingerprint density at radius 2 is 2.05 bits per heavy atom. The maximum atomic E-state index is 11.5. The summed E-state index contributed by atoms with van der Waals surface area (Å²) in [6.07, 6.45) is 0.706. The Kier molecular flexibility index (Phi) is 4.37. The van der Waals surface area contributed by atoms with E-state index >= 15 is 0 Å². The van der Waals surface area contributed by atoms with Crippen LogP contribution in [-0.4, -0.2) is 9.97 Å². The highest BCUT2D eigenvalue weighted by Gasteiger charge is 2.07. The number of rotatable bonds is 4. The predicted octanol–water partition coefficient (Wildman–Crippen LogP) is 3.27. The van der Waals surface area contributed by atoms with Gasteiger partial charge in [-0.25, -0.2) is 4.98 Å². The molecule has 0 spiro atoms. The molecule has 0 fully saturated rings. The molecule has 19 heavy (non-hydrogen) atoms. The lowest BCUT2D eigenvalue weighted by molar-refractivity contribution is 0.851. The maximum absolute atomic E-state index is 11.5. The van der Waals surface area contributed by atoms with Crippen molar-refractivity contribution in [3.05, 3.63) is 56.5 Å². The fraction of sp³-hybridized carbons (Fsp3) is 0.286. The lowest BCUT2D eigenvalue weighted by Crippen LogP contribution is -2.15. The van der Waals surface area contributed by atoms with Gasteiger partial charge in [-0.15, -0.1) is 0 Å². The Morgan fingerprint density at radius 3 is 2.68 bits per heavy atom. The highest BCUT2D eigenvalue weighted by Crippen LogP contribution is 2.19. The Bertz CT molecular complexity index is 607. The number of H-pyrrole nitrogens is 1. The van der Waals surface area contributed by atoms with Crippen molar-refractivity contribution in [2.24, 2.45) is 0 Å². The van der Waals surface area contributed by atoms with Gasteiger partial charge in [0.25, 0.3) is 5.56 Å². The van der Waals surface area contributed by atoms with E-state index in [1.165, 1.54) is 6.07 Å².